The molecule has 0 aliphatic heterocycles. The summed E-state index contributed by atoms with van der Waals surface area (Å²) in [4.78, 5) is 11.4. The lowest BCUT2D eigenvalue weighted by Gasteiger charge is -2.11. The molecule has 0 saturated heterocycles. The molecule has 0 aliphatic rings. The minimum Gasteiger partial charge on any atom is -0.377 e. The van der Waals surface area contributed by atoms with Crippen LogP contribution in [0.2, 0.25) is 0 Å². The largest absolute Gasteiger partial charge is 0.377 e. The van der Waals surface area contributed by atoms with Crippen LogP contribution >= 0.6 is 0 Å². The van der Waals surface area contributed by atoms with E-state index < -0.39 is 0 Å². The first-order chi connectivity index (χ1) is 6.74. The number of nitrogens with zero attached hydrogens (tertiary/aromatic N) is 1. The topological polar surface area (TPSA) is 67.0 Å². The van der Waals surface area contributed by atoms with E-state index in [1.165, 1.54) is 6.20 Å². The van der Waals surface area contributed by atoms with Gasteiger partial charge in [-0.3, -0.25) is 9.89 Å². The first-order valence-corrected chi connectivity index (χ1v) is 4.62. The Balaban J connectivity index is 2.28. The number of carbonyl (C=O) groups is 1. The van der Waals surface area contributed by atoms with E-state index in [1.54, 1.807) is 6.20 Å². The van der Waals surface area contributed by atoms with Gasteiger partial charge >= 0.3 is 0 Å². The molecule has 78 valence electrons. The highest BCUT2D eigenvalue weighted by Crippen LogP contribution is 1.94. The van der Waals surface area contributed by atoms with Gasteiger partial charge in [0.2, 0.25) is 0 Å². The number of nitrogens with one attached hydrogen (secondary N) is 2. The Morgan fingerprint density at radius 3 is 3.14 bits per heavy atom. The van der Waals surface area contributed by atoms with Crippen LogP contribution in [0, 0.1) is 0 Å². The molecule has 2 N–H and O–H groups in total. The number of rotatable bonds is 5. The third-order valence-corrected chi connectivity index (χ3v) is 1.76. The minimum atomic E-state index is -0.134. The average Bonchev–Trinajstić information content (AvgIpc) is 2.67. The van der Waals surface area contributed by atoms with Crippen molar-refractivity contribution in [3.63, 3.8) is 0 Å². The van der Waals surface area contributed by atoms with E-state index in [0.29, 0.717) is 18.7 Å². The van der Waals surface area contributed by atoms with E-state index >= 15 is 0 Å². The van der Waals surface area contributed by atoms with E-state index in [0.717, 1.165) is 0 Å². The van der Waals surface area contributed by atoms with Gasteiger partial charge in [0, 0.05) is 19.3 Å². The molecular weight excluding hydrogens is 182 g/mol. The number of amides is 1. The predicted molar refractivity (Wildman–Crippen MR) is 52.0 cm³/mol. The van der Waals surface area contributed by atoms with Crippen molar-refractivity contribution < 1.29 is 9.53 Å². The zero-order chi connectivity index (χ0) is 10.4. The second kappa shape index (κ2) is 5.39. The fourth-order valence-electron chi connectivity index (χ4n) is 1.06. The molecule has 1 amide bonds. The zero-order valence-electron chi connectivity index (χ0n) is 8.41. The van der Waals surface area contributed by atoms with Crippen molar-refractivity contribution in [3.05, 3.63) is 18.0 Å². The molecule has 0 aromatic carbocycles. The lowest BCUT2D eigenvalue weighted by Crippen LogP contribution is -2.31. The summed E-state index contributed by atoms with van der Waals surface area (Å²) in [7, 11) is 0. The van der Waals surface area contributed by atoms with Gasteiger partial charge in [-0.1, -0.05) is 0 Å². The summed E-state index contributed by atoms with van der Waals surface area (Å²) in [5.41, 5.74) is 0.536. The first kappa shape index (κ1) is 10.7. The summed E-state index contributed by atoms with van der Waals surface area (Å²) in [6, 6.07) is 0. The number of carbonyl (C=O) groups excluding carboxylic acids is 1. The Labute approximate surface area is 82.8 Å². The van der Waals surface area contributed by atoms with Crippen LogP contribution in [0.3, 0.4) is 0 Å². The molecule has 0 aliphatic carbocycles. The number of hydrogen-bond acceptors (Lipinski definition) is 3. The van der Waals surface area contributed by atoms with Crippen LogP contribution in [0.5, 0.6) is 0 Å². The minimum absolute atomic E-state index is 0.0378. The van der Waals surface area contributed by atoms with Gasteiger partial charge in [0.25, 0.3) is 5.91 Å². The highest BCUT2D eigenvalue weighted by Gasteiger charge is 2.07. The van der Waals surface area contributed by atoms with Gasteiger partial charge in [-0.05, 0) is 13.8 Å². The SMILES string of the molecule is CCOC(C)CNC(=O)c1cn[nH]c1. The third-order valence-electron chi connectivity index (χ3n) is 1.76. The molecule has 5 nitrogen and oxygen atoms in total. The molecule has 1 atom stereocenters. The first-order valence-electron chi connectivity index (χ1n) is 4.62. The average molecular weight is 197 g/mol. The van der Waals surface area contributed by atoms with Crippen molar-refractivity contribution in [3.8, 4) is 0 Å². The van der Waals surface area contributed by atoms with Crippen LogP contribution in [0.1, 0.15) is 24.2 Å². The maximum Gasteiger partial charge on any atom is 0.254 e. The zero-order valence-corrected chi connectivity index (χ0v) is 8.41. The van der Waals surface area contributed by atoms with Gasteiger partial charge in [0.15, 0.2) is 0 Å². The lowest BCUT2D eigenvalue weighted by atomic mass is 10.3. The predicted octanol–water partition coefficient (Wildman–Crippen LogP) is 0.564. The van der Waals surface area contributed by atoms with Crippen LogP contribution in [0.15, 0.2) is 12.4 Å². The van der Waals surface area contributed by atoms with Crippen molar-refractivity contribution in [2.75, 3.05) is 13.2 Å². The lowest BCUT2D eigenvalue weighted by molar-refractivity contribution is 0.0695. The van der Waals surface area contributed by atoms with Gasteiger partial charge in [-0.15, -0.1) is 0 Å². The van der Waals surface area contributed by atoms with Gasteiger partial charge < -0.3 is 10.1 Å². The summed E-state index contributed by atoms with van der Waals surface area (Å²) >= 11 is 0. The van der Waals surface area contributed by atoms with Crippen molar-refractivity contribution >= 4 is 5.91 Å². The highest BCUT2D eigenvalue weighted by molar-refractivity contribution is 5.93. The van der Waals surface area contributed by atoms with Crippen molar-refractivity contribution in [1.82, 2.24) is 15.5 Å². The Morgan fingerprint density at radius 1 is 1.79 bits per heavy atom. The normalized spacial score (nSPS) is 12.4. The molecule has 1 heterocycles. The Kier molecular flexibility index (Phi) is 4.12. The van der Waals surface area contributed by atoms with Gasteiger partial charge in [-0.2, -0.15) is 5.10 Å². The van der Waals surface area contributed by atoms with Crippen LogP contribution in [0.4, 0.5) is 0 Å². The number of aromatic amines is 1. The summed E-state index contributed by atoms with van der Waals surface area (Å²) < 4.78 is 5.27. The van der Waals surface area contributed by atoms with E-state index in [4.69, 9.17) is 4.74 Å². The van der Waals surface area contributed by atoms with Crippen LogP contribution in [-0.4, -0.2) is 35.4 Å². The third kappa shape index (κ3) is 3.18. The van der Waals surface area contributed by atoms with E-state index in [9.17, 15) is 4.79 Å². The van der Waals surface area contributed by atoms with Crippen LogP contribution < -0.4 is 5.32 Å². The molecule has 0 spiro atoms. The molecule has 1 aromatic rings. The van der Waals surface area contributed by atoms with E-state index in [2.05, 4.69) is 15.5 Å². The fourth-order valence-corrected chi connectivity index (χ4v) is 1.06. The van der Waals surface area contributed by atoms with Gasteiger partial charge in [0.1, 0.15) is 0 Å². The summed E-state index contributed by atoms with van der Waals surface area (Å²) in [5.74, 6) is -0.134. The Bertz CT molecular complexity index is 272. The molecule has 1 unspecified atom stereocenters. The standard InChI is InChI=1S/C9H15N3O2/c1-3-14-7(2)4-10-9(13)8-5-11-12-6-8/h5-7H,3-4H2,1-2H3,(H,10,13)(H,11,12). The molecule has 1 rings (SSSR count). The smallest absolute Gasteiger partial charge is 0.254 e. The fraction of sp³-hybridized carbons (Fsp3) is 0.556. The van der Waals surface area contributed by atoms with E-state index in [-0.39, 0.29) is 12.0 Å². The van der Waals surface area contributed by atoms with Gasteiger partial charge in [-0.25, -0.2) is 0 Å². The quantitative estimate of drug-likeness (QED) is 0.725. The molecule has 0 saturated carbocycles. The molecule has 14 heavy (non-hydrogen) atoms. The maximum atomic E-state index is 11.4. The second-order valence-electron chi connectivity index (χ2n) is 2.96. The number of ether oxygens (including phenoxy) is 1. The summed E-state index contributed by atoms with van der Waals surface area (Å²) in [6.45, 7) is 5.01. The van der Waals surface area contributed by atoms with Crippen molar-refractivity contribution in [2.24, 2.45) is 0 Å². The molecule has 1 aromatic heterocycles. The van der Waals surface area contributed by atoms with Crippen LogP contribution in [0.25, 0.3) is 0 Å². The molecule has 0 radical (unpaired) electrons. The second-order valence-corrected chi connectivity index (χ2v) is 2.96. The monoisotopic (exact) mass is 197 g/mol. The molecule has 5 heteroatoms. The molecule has 0 bridgehead atoms. The number of aromatic nitrogens is 2. The van der Waals surface area contributed by atoms with Gasteiger partial charge in [0.05, 0.1) is 17.9 Å². The van der Waals surface area contributed by atoms with E-state index in [1.807, 2.05) is 13.8 Å². The summed E-state index contributed by atoms with van der Waals surface area (Å²) in [6.07, 6.45) is 3.08. The molecule has 0 fully saturated rings. The summed E-state index contributed by atoms with van der Waals surface area (Å²) in [5, 5.41) is 9.02. The number of H-pyrrole nitrogens is 1. The van der Waals surface area contributed by atoms with Crippen molar-refractivity contribution in [1.29, 1.82) is 0 Å². The van der Waals surface area contributed by atoms with Crippen molar-refractivity contribution in [2.45, 2.75) is 20.0 Å². The van der Waals surface area contributed by atoms with Crippen LogP contribution in [-0.2, 0) is 4.74 Å². The maximum absolute atomic E-state index is 11.4. The Morgan fingerprint density at radius 2 is 2.57 bits per heavy atom. The number of hydrogen-bond donors (Lipinski definition) is 2. The molecular formula is C9H15N3O2. The Hall–Kier alpha value is -1.36. The highest BCUT2D eigenvalue weighted by atomic mass is 16.5.